The number of hydrogen-bond acceptors (Lipinski definition) is 5. The molecule has 1 aliphatic rings. The summed E-state index contributed by atoms with van der Waals surface area (Å²) >= 11 is 0. The molecule has 6 nitrogen and oxygen atoms in total. The van der Waals surface area contributed by atoms with Crippen molar-refractivity contribution in [3.8, 4) is 0 Å². The minimum Gasteiger partial charge on any atom is -0.481 e. The lowest BCUT2D eigenvalue weighted by Gasteiger charge is -2.11. The largest absolute Gasteiger partial charge is 0.481 e. The van der Waals surface area contributed by atoms with Crippen LogP contribution in [0, 0.1) is 5.92 Å². The molecular formula is C12H12O6S. The van der Waals surface area contributed by atoms with E-state index in [0.29, 0.717) is 12.0 Å². The molecule has 0 radical (unpaired) electrons. The smallest absolute Gasteiger partial charge is 0.330 e. The molecule has 1 aliphatic carbocycles. The number of carboxylic acids is 1. The summed E-state index contributed by atoms with van der Waals surface area (Å²) < 4.78 is 26.3. The Kier molecular flexibility index (Phi) is 5.25. The van der Waals surface area contributed by atoms with Crippen molar-refractivity contribution in [3.05, 3.63) is 36.0 Å². The summed E-state index contributed by atoms with van der Waals surface area (Å²) in [6, 6.07) is 0. The van der Waals surface area contributed by atoms with E-state index >= 15 is 0 Å². The topological polar surface area (TPSA) is 97.7 Å². The second-order valence-electron chi connectivity index (χ2n) is 3.66. The summed E-state index contributed by atoms with van der Waals surface area (Å²) in [5, 5.41) is 8.87. The Morgan fingerprint density at radius 1 is 1.47 bits per heavy atom. The third-order valence-corrected chi connectivity index (χ3v) is 3.16. The number of carbonyl (C=O) groups excluding carboxylic acids is 1. The number of rotatable bonds is 4. The van der Waals surface area contributed by atoms with Crippen LogP contribution in [0.4, 0.5) is 0 Å². The third kappa shape index (κ3) is 4.22. The van der Waals surface area contributed by atoms with Crippen LogP contribution in [0.25, 0.3) is 0 Å². The molecule has 0 heterocycles. The van der Waals surface area contributed by atoms with Gasteiger partial charge in [0.15, 0.2) is 0 Å². The van der Waals surface area contributed by atoms with Gasteiger partial charge in [-0.1, -0.05) is 18.2 Å². The lowest BCUT2D eigenvalue weighted by Crippen LogP contribution is -2.23. The van der Waals surface area contributed by atoms with Crippen molar-refractivity contribution in [1.82, 2.24) is 0 Å². The number of aliphatic carboxylic acids is 1. The van der Waals surface area contributed by atoms with Crippen molar-refractivity contribution in [3.63, 3.8) is 0 Å². The quantitative estimate of drug-likeness (QED) is 0.454. The normalized spacial score (nSPS) is 18.3. The van der Waals surface area contributed by atoms with E-state index in [1.807, 2.05) is 0 Å². The van der Waals surface area contributed by atoms with Gasteiger partial charge in [-0.25, -0.2) is 4.79 Å². The highest BCUT2D eigenvalue weighted by Gasteiger charge is 2.23. The van der Waals surface area contributed by atoms with Crippen LogP contribution in [0.1, 0.15) is 6.42 Å². The van der Waals surface area contributed by atoms with Crippen molar-refractivity contribution in [2.45, 2.75) is 6.42 Å². The first-order valence-electron chi connectivity index (χ1n) is 5.28. The Balaban J connectivity index is 2.90. The van der Waals surface area contributed by atoms with E-state index in [9.17, 15) is 18.0 Å². The highest BCUT2D eigenvalue weighted by Crippen LogP contribution is 2.17. The van der Waals surface area contributed by atoms with Crippen LogP contribution in [0.5, 0.6) is 0 Å². The number of ether oxygens (including phenoxy) is 1. The Morgan fingerprint density at radius 2 is 2.16 bits per heavy atom. The maximum atomic E-state index is 11.0. The number of carboxylic acid groups (broad SMARTS) is 1. The summed E-state index contributed by atoms with van der Waals surface area (Å²) in [6.45, 7) is 0. The van der Waals surface area contributed by atoms with Crippen molar-refractivity contribution in [1.29, 1.82) is 0 Å². The van der Waals surface area contributed by atoms with Crippen LogP contribution >= 0.6 is 0 Å². The highest BCUT2D eigenvalue weighted by molar-refractivity contribution is 7.73. The number of hydrogen-bond donors (Lipinski definition) is 1. The van der Waals surface area contributed by atoms with Gasteiger partial charge in [0, 0.05) is 6.08 Å². The standard InChI is InChI=1S/C12H12O6S/c1-18-11(13)4-2-3-8-5-6-9(12(14)15)10(7-8)19(16)17/h2,4-7,9H,3H2,1H3,(H,14,15). The molecule has 7 heteroatoms. The van der Waals surface area contributed by atoms with E-state index in [0.717, 1.165) is 0 Å². The minimum atomic E-state index is -2.60. The average Bonchev–Trinajstić information content (AvgIpc) is 2.38. The van der Waals surface area contributed by atoms with Gasteiger partial charge in [-0.2, -0.15) is 8.42 Å². The zero-order valence-corrected chi connectivity index (χ0v) is 10.9. The first-order valence-corrected chi connectivity index (χ1v) is 6.35. The molecule has 0 aromatic carbocycles. The van der Waals surface area contributed by atoms with Gasteiger partial charge < -0.3 is 9.84 Å². The molecule has 0 aromatic heterocycles. The van der Waals surface area contributed by atoms with Gasteiger partial charge in [0.05, 0.1) is 12.0 Å². The Bertz CT molecular complexity index is 598. The maximum absolute atomic E-state index is 11.0. The van der Waals surface area contributed by atoms with E-state index in [2.05, 4.69) is 4.74 Å². The predicted molar refractivity (Wildman–Crippen MR) is 68.0 cm³/mol. The second-order valence-corrected chi connectivity index (χ2v) is 4.60. The Morgan fingerprint density at radius 3 is 2.68 bits per heavy atom. The molecule has 0 saturated heterocycles. The Labute approximate surface area is 111 Å². The van der Waals surface area contributed by atoms with E-state index in [1.165, 1.54) is 37.5 Å². The lowest BCUT2D eigenvalue weighted by molar-refractivity contribution is -0.138. The van der Waals surface area contributed by atoms with E-state index in [-0.39, 0.29) is 4.86 Å². The monoisotopic (exact) mass is 284 g/mol. The minimum absolute atomic E-state index is 0.198. The SMILES string of the molecule is COC(=O)C=CCC1=CC(=S(=O)=O)C(C(=O)O)C=C1. The van der Waals surface area contributed by atoms with Gasteiger partial charge in [0.25, 0.3) is 0 Å². The van der Waals surface area contributed by atoms with E-state index < -0.39 is 28.1 Å². The van der Waals surface area contributed by atoms with Crippen LogP contribution in [0.2, 0.25) is 0 Å². The molecule has 1 atom stereocenters. The maximum Gasteiger partial charge on any atom is 0.330 e. The van der Waals surface area contributed by atoms with Gasteiger partial charge in [-0.3, -0.25) is 4.79 Å². The third-order valence-electron chi connectivity index (χ3n) is 2.40. The first kappa shape index (κ1) is 14.9. The van der Waals surface area contributed by atoms with Crippen LogP contribution in [-0.2, 0) is 24.6 Å². The molecule has 0 saturated carbocycles. The van der Waals surface area contributed by atoms with Gasteiger partial charge in [0.2, 0.25) is 10.3 Å². The number of esters is 1. The molecule has 0 aromatic rings. The number of allylic oxidation sites excluding steroid dienone is 4. The zero-order valence-electron chi connectivity index (χ0n) is 10.1. The zero-order chi connectivity index (χ0) is 14.4. The predicted octanol–water partition coefficient (Wildman–Crippen LogP) is 0.354. The summed E-state index contributed by atoms with van der Waals surface area (Å²) in [4.78, 5) is 21.5. The van der Waals surface area contributed by atoms with Crippen LogP contribution in [-0.4, -0.2) is 37.4 Å². The number of carbonyl (C=O) groups is 2. The molecule has 0 spiro atoms. The molecule has 0 fully saturated rings. The summed E-state index contributed by atoms with van der Waals surface area (Å²) in [5.41, 5.74) is 0.594. The Hall–Kier alpha value is -2.15. The first-order chi connectivity index (χ1) is 8.95. The fourth-order valence-corrected chi connectivity index (χ4v) is 2.11. The molecular weight excluding hydrogens is 272 g/mol. The highest BCUT2D eigenvalue weighted by atomic mass is 32.2. The van der Waals surface area contributed by atoms with Crippen molar-refractivity contribution in [2.24, 2.45) is 5.92 Å². The summed E-state index contributed by atoms with van der Waals surface area (Å²) in [5.74, 6) is -2.90. The summed E-state index contributed by atoms with van der Waals surface area (Å²) in [7, 11) is -1.35. The van der Waals surface area contributed by atoms with Crippen LogP contribution in [0.15, 0.2) is 36.0 Å². The molecule has 0 aliphatic heterocycles. The molecule has 19 heavy (non-hydrogen) atoms. The van der Waals surface area contributed by atoms with E-state index in [4.69, 9.17) is 5.11 Å². The molecule has 0 amide bonds. The molecule has 1 N–H and O–H groups in total. The van der Waals surface area contributed by atoms with Gasteiger partial charge >= 0.3 is 11.9 Å². The molecule has 1 rings (SSSR count). The van der Waals surface area contributed by atoms with Gasteiger partial charge in [0.1, 0.15) is 5.92 Å². The molecule has 0 bridgehead atoms. The van der Waals surface area contributed by atoms with Gasteiger partial charge in [-0.15, -0.1) is 0 Å². The van der Waals surface area contributed by atoms with Crippen molar-refractivity contribution in [2.75, 3.05) is 7.11 Å². The van der Waals surface area contributed by atoms with Crippen LogP contribution in [0.3, 0.4) is 0 Å². The molecule has 1 unspecified atom stereocenters. The van der Waals surface area contributed by atoms with Crippen molar-refractivity contribution >= 4 is 27.1 Å². The number of methoxy groups -OCH3 is 1. The fourth-order valence-electron chi connectivity index (χ4n) is 1.48. The van der Waals surface area contributed by atoms with Gasteiger partial charge in [-0.05, 0) is 18.1 Å². The fraction of sp³-hybridized carbons (Fsp3) is 0.250. The molecule has 102 valence electrons. The average molecular weight is 284 g/mol. The second kappa shape index (κ2) is 6.69. The summed E-state index contributed by atoms with van der Waals surface area (Å²) in [6.07, 6.45) is 7.15. The lowest BCUT2D eigenvalue weighted by atomic mass is 9.95. The van der Waals surface area contributed by atoms with E-state index in [1.54, 1.807) is 0 Å². The van der Waals surface area contributed by atoms with Crippen molar-refractivity contribution < 1.29 is 27.9 Å². The van der Waals surface area contributed by atoms with Crippen LogP contribution < -0.4 is 0 Å².